The summed E-state index contributed by atoms with van der Waals surface area (Å²) in [5.74, 6) is 1.92. The Kier molecular flexibility index (Phi) is 4.06. The van der Waals surface area contributed by atoms with E-state index in [1.165, 1.54) is 10.9 Å². The van der Waals surface area contributed by atoms with Crippen molar-refractivity contribution in [1.82, 2.24) is 14.8 Å². The van der Waals surface area contributed by atoms with Gasteiger partial charge in [-0.25, -0.2) is 14.5 Å². The van der Waals surface area contributed by atoms with Crippen LogP contribution in [-0.2, 0) is 16.2 Å². The second-order valence-electron chi connectivity index (χ2n) is 5.60. The molecule has 22 heavy (non-hydrogen) atoms. The van der Waals surface area contributed by atoms with Gasteiger partial charge in [-0.3, -0.25) is 9.89 Å². The normalized spacial score (nSPS) is 13.4. The number of H-pyrrole nitrogens is 1. The third-order valence-corrected chi connectivity index (χ3v) is 4.31. The summed E-state index contributed by atoms with van der Waals surface area (Å²) < 4.78 is 6.57. The molecule has 1 aliphatic heterocycles. The number of fused-ring (bicyclic) bond motifs is 1. The molecule has 2 aromatic heterocycles. The fraction of sp³-hybridized carbons (Fsp3) is 0.400. The van der Waals surface area contributed by atoms with Gasteiger partial charge in [-0.1, -0.05) is 13.8 Å². The van der Waals surface area contributed by atoms with Gasteiger partial charge < -0.3 is 4.74 Å². The number of pyridine rings is 1. The first-order chi connectivity index (χ1) is 10.6. The van der Waals surface area contributed by atoms with Crippen molar-refractivity contribution in [3.63, 3.8) is 0 Å². The van der Waals surface area contributed by atoms with Crippen molar-refractivity contribution in [2.24, 2.45) is 5.92 Å². The molecule has 0 atom stereocenters. The molecule has 7 heteroatoms. The highest BCUT2D eigenvalue weighted by atomic mass is 32.2. The fourth-order valence-corrected chi connectivity index (χ4v) is 3.21. The first-order valence-corrected chi connectivity index (χ1v) is 8.26. The van der Waals surface area contributed by atoms with Gasteiger partial charge >= 0.3 is 5.97 Å². The first kappa shape index (κ1) is 14.9. The van der Waals surface area contributed by atoms with Crippen LogP contribution in [0.5, 0.6) is 0 Å². The molecular formula is C15H17N3O3S. The highest BCUT2D eigenvalue weighted by Crippen LogP contribution is 2.26. The summed E-state index contributed by atoms with van der Waals surface area (Å²) in [6.45, 7) is 4.33. The number of ether oxygens (including phenoxy) is 1. The molecule has 2 aromatic rings. The molecule has 3 rings (SSSR count). The molecule has 0 radical (unpaired) electrons. The van der Waals surface area contributed by atoms with Crippen LogP contribution >= 0.6 is 11.8 Å². The molecule has 0 aliphatic carbocycles. The summed E-state index contributed by atoms with van der Waals surface area (Å²) in [7, 11) is 0. The molecule has 0 fully saturated rings. The van der Waals surface area contributed by atoms with Crippen molar-refractivity contribution in [3.8, 4) is 5.82 Å². The molecule has 6 nitrogen and oxygen atoms in total. The first-order valence-electron chi connectivity index (χ1n) is 7.10. The predicted molar refractivity (Wildman–Crippen MR) is 84.3 cm³/mol. The van der Waals surface area contributed by atoms with Crippen LogP contribution in [0.15, 0.2) is 23.1 Å². The average Bonchev–Trinajstić information content (AvgIpc) is 3.08. The smallest absolute Gasteiger partial charge is 0.339 e. The number of hydrogen-bond acceptors (Lipinski definition) is 5. The Morgan fingerprint density at radius 2 is 2.27 bits per heavy atom. The Labute approximate surface area is 131 Å². The zero-order chi connectivity index (χ0) is 15.7. The van der Waals surface area contributed by atoms with Crippen molar-refractivity contribution in [2.75, 3.05) is 6.61 Å². The number of thioether (sulfide) groups is 1. The number of rotatable bonds is 4. The topological polar surface area (TPSA) is 77.0 Å². The van der Waals surface area contributed by atoms with Crippen molar-refractivity contribution in [3.05, 3.63) is 45.5 Å². The van der Waals surface area contributed by atoms with Crippen molar-refractivity contribution < 1.29 is 9.53 Å². The van der Waals surface area contributed by atoms with Crippen molar-refractivity contribution in [1.29, 1.82) is 0 Å². The van der Waals surface area contributed by atoms with Crippen LogP contribution in [0.2, 0.25) is 0 Å². The second kappa shape index (κ2) is 6.00. The summed E-state index contributed by atoms with van der Waals surface area (Å²) in [5.41, 5.74) is 2.08. The number of nitrogens with zero attached hydrogens (tertiary/aromatic N) is 2. The van der Waals surface area contributed by atoms with Crippen LogP contribution in [0.4, 0.5) is 0 Å². The zero-order valence-electron chi connectivity index (χ0n) is 12.5. The number of nitrogens with one attached hydrogen (secondary N) is 1. The molecule has 0 saturated carbocycles. The number of aromatic nitrogens is 3. The Bertz CT molecular complexity index is 746. The maximum atomic E-state index is 12.2. The third-order valence-electron chi connectivity index (χ3n) is 3.33. The van der Waals surface area contributed by atoms with E-state index in [9.17, 15) is 9.59 Å². The van der Waals surface area contributed by atoms with E-state index in [2.05, 4.69) is 10.1 Å². The quantitative estimate of drug-likeness (QED) is 0.874. The number of hydrogen-bond donors (Lipinski definition) is 1. The number of carbonyl (C=O) groups is 1. The van der Waals surface area contributed by atoms with Crippen LogP contribution in [-0.4, -0.2) is 27.3 Å². The maximum absolute atomic E-state index is 12.2. The molecule has 0 spiro atoms. The lowest BCUT2D eigenvalue weighted by Crippen LogP contribution is -2.18. The third kappa shape index (κ3) is 2.81. The van der Waals surface area contributed by atoms with E-state index in [1.54, 1.807) is 23.9 Å². The van der Waals surface area contributed by atoms with Crippen LogP contribution in [0.1, 0.15) is 35.5 Å². The SMILES string of the molecule is CC(C)COC(=O)c1ccc(-n2[nH]c3c(c2=O)CSC3)nc1. The molecule has 1 N–H and O–H groups in total. The monoisotopic (exact) mass is 319 g/mol. The van der Waals surface area contributed by atoms with Crippen molar-refractivity contribution in [2.45, 2.75) is 25.4 Å². The van der Waals surface area contributed by atoms with Crippen LogP contribution in [0.3, 0.4) is 0 Å². The minimum atomic E-state index is -0.398. The summed E-state index contributed by atoms with van der Waals surface area (Å²) in [5, 5.41) is 3.07. The lowest BCUT2D eigenvalue weighted by Gasteiger charge is -2.07. The van der Waals surface area contributed by atoms with Gasteiger partial charge in [0.1, 0.15) is 0 Å². The minimum absolute atomic E-state index is 0.0670. The molecule has 0 bridgehead atoms. The Morgan fingerprint density at radius 1 is 1.45 bits per heavy atom. The Morgan fingerprint density at radius 3 is 2.91 bits per heavy atom. The van der Waals surface area contributed by atoms with E-state index < -0.39 is 5.97 Å². The Balaban J connectivity index is 1.80. The summed E-state index contributed by atoms with van der Waals surface area (Å²) >= 11 is 1.72. The highest BCUT2D eigenvalue weighted by Gasteiger charge is 2.20. The molecule has 0 amide bonds. The minimum Gasteiger partial charge on any atom is -0.462 e. The van der Waals surface area contributed by atoms with Gasteiger partial charge in [0, 0.05) is 17.7 Å². The van der Waals surface area contributed by atoms with E-state index in [0.29, 0.717) is 18.0 Å². The molecule has 116 valence electrons. The maximum Gasteiger partial charge on any atom is 0.339 e. The van der Waals surface area contributed by atoms with Gasteiger partial charge in [0.05, 0.1) is 23.4 Å². The fourth-order valence-electron chi connectivity index (χ4n) is 2.17. The largest absolute Gasteiger partial charge is 0.462 e. The van der Waals surface area contributed by atoms with E-state index in [0.717, 1.165) is 22.8 Å². The van der Waals surface area contributed by atoms with Gasteiger partial charge in [-0.2, -0.15) is 11.8 Å². The summed E-state index contributed by atoms with van der Waals surface area (Å²) in [4.78, 5) is 28.3. The van der Waals surface area contributed by atoms with Gasteiger partial charge in [0.25, 0.3) is 5.56 Å². The Hall–Kier alpha value is -2.02. The molecular weight excluding hydrogens is 302 g/mol. The number of aromatic amines is 1. The molecule has 0 aromatic carbocycles. The van der Waals surface area contributed by atoms with E-state index >= 15 is 0 Å². The standard InChI is InChI=1S/C15H17N3O3S/c1-9(2)6-21-15(20)10-3-4-13(16-5-10)18-14(19)11-7-22-8-12(11)17-18/h3-5,9,17H,6-8H2,1-2H3. The molecule has 0 unspecified atom stereocenters. The van der Waals surface area contributed by atoms with E-state index in [4.69, 9.17) is 4.74 Å². The predicted octanol–water partition coefficient (Wildman–Crippen LogP) is 2.12. The average molecular weight is 319 g/mol. The van der Waals surface area contributed by atoms with Crippen LogP contribution in [0, 0.1) is 5.92 Å². The number of esters is 1. The summed E-state index contributed by atoms with van der Waals surface area (Å²) in [6.07, 6.45) is 1.44. The van der Waals surface area contributed by atoms with Crippen molar-refractivity contribution >= 4 is 17.7 Å². The molecule has 1 aliphatic rings. The van der Waals surface area contributed by atoms with Crippen LogP contribution < -0.4 is 5.56 Å². The molecule has 3 heterocycles. The lowest BCUT2D eigenvalue weighted by molar-refractivity contribution is 0.0458. The second-order valence-corrected chi connectivity index (χ2v) is 6.59. The van der Waals surface area contributed by atoms with Crippen LogP contribution in [0.25, 0.3) is 5.82 Å². The zero-order valence-corrected chi connectivity index (χ0v) is 13.3. The van der Waals surface area contributed by atoms with Gasteiger partial charge in [0.2, 0.25) is 0 Å². The highest BCUT2D eigenvalue weighted by molar-refractivity contribution is 7.98. The number of carbonyl (C=O) groups excluding carboxylic acids is 1. The van der Waals surface area contributed by atoms with E-state index in [-0.39, 0.29) is 11.5 Å². The summed E-state index contributed by atoms with van der Waals surface area (Å²) in [6, 6.07) is 3.27. The van der Waals surface area contributed by atoms with Gasteiger partial charge in [-0.15, -0.1) is 0 Å². The van der Waals surface area contributed by atoms with Gasteiger partial charge in [-0.05, 0) is 18.1 Å². The molecule has 0 saturated heterocycles. The lowest BCUT2D eigenvalue weighted by atomic mass is 10.2. The van der Waals surface area contributed by atoms with E-state index in [1.807, 2.05) is 13.8 Å². The van der Waals surface area contributed by atoms with Gasteiger partial charge in [0.15, 0.2) is 5.82 Å².